The van der Waals surface area contributed by atoms with Gasteiger partial charge in [-0.3, -0.25) is 0 Å². The summed E-state index contributed by atoms with van der Waals surface area (Å²) in [4.78, 5) is 25.1. The summed E-state index contributed by atoms with van der Waals surface area (Å²) in [6.45, 7) is 3.96. The number of carbonyl (C=O) groups excluding carboxylic acids is 1. The van der Waals surface area contributed by atoms with E-state index < -0.39 is 11.9 Å². The third-order valence-electron chi connectivity index (χ3n) is 5.21. The van der Waals surface area contributed by atoms with Crippen molar-refractivity contribution in [1.82, 2.24) is 19.8 Å². The molecule has 2 heterocycles. The minimum Gasteiger partial charge on any atom is -0.456 e. The first kappa shape index (κ1) is 22.0. The Hall–Kier alpha value is -3.17. The molecule has 2 aromatic carbocycles. The molecule has 3 aromatic rings. The Balaban J connectivity index is 1.51. The zero-order chi connectivity index (χ0) is 22.7. The predicted octanol–water partition coefficient (Wildman–Crippen LogP) is 4.01. The number of rotatable bonds is 5. The molecule has 0 radical (unpaired) electrons. The Morgan fingerprint density at radius 2 is 2.03 bits per heavy atom. The van der Waals surface area contributed by atoms with Gasteiger partial charge in [0.15, 0.2) is 12.5 Å². The second-order valence-electron chi connectivity index (χ2n) is 7.57. The van der Waals surface area contributed by atoms with Crippen LogP contribution in [-0.4, -0.2) is 65.3 Å². The van der Waals surface area contributed by atoms with Gasteiger partial charge in [0.05, 0.1) is 21.6 Å². The number of aromatic nitrogens is 2. The zero-order valence-electron chi connectivity index (χ0n) is 17.7. The van der Waals surface area contributed by atoms with Crippen LogP contribution in [0.5, 0.6) is 11.9 Å². The smallest absolute Gasteiger partial charge is 0.418 e. The van der Waals surface area contributed by atoms with Crippen LogP contribution in [0.15, 0.2) is 42.5 Å². The average Bonchev–Trinajstić information content (AvgIpc) is 2.76. The number of para-hydroxylation sites is 1. The zero-order valence-corrected chi connectivity index (χ0v) is 18.5. The first-order valence-corrected chi connectivity index (χ1v) is 10.5. The number of ether oxygens (including phenoxy) is 2. The van der Waals surface area contributed by atoms with Crippen LogP contribution in [-0.2, 0) is 0 Å². The van der Waals surface area contributed by atoms with Crippen molar-refractivity contribution in [1.29, 1.82) is 0 Å². The van der Waals surface area contributed by atoms with Crippen LogP contribution in [0.25, 0.3) is 10.9 Å². The number of amides is 1. The molecule has 10 heteroatoms. The number of hydrogen-bond acceptors (Lipinski definition) is 7. The third kappa shape index (κ3) is 4.84. The second kappa shape index (κ2) is 9.54. The molecule has 1 saturated heterocycles. The molecule has 0 unspecified atom stereocenters. The molecule has 1 aliphatic rings. The van der Waals surface area contributed by atoms with Crippen LogP contribution in [0.4, 0.5) is 14.9 Å². The first-order chi connectivity index (χ1) is 15.4. The Bertz CT molecular complexity index is 1130. The molecule has 0 spiro atoms. The summed E-state index contributed by atoms with van der Waals surface area (Å²) in [5.41, 5.74) is 0.757. The van der Waals surface area contributed by atoms with E-state index >= 15 is 0 Å². The summed E-state index contributed by atoms with van der Waals surface area (Å²) in [6.07, 6.45) is -0.508. The van der Waals surface area contributed by atoms with E-state index in [0.29, 0.717) is 17.4 Å². The highest BCUT2D eigenvalue weighted by Gasteiger charge is 2.28. The van der Waals surface area contributed by atoms with Gasteiger partial charge in [0.2, 0.25) is 5.88 Å². The maximum absolute atomic E-state index is 14.1. The number of nitrogens with one attached hydrogen (secondary N) is 1. The molecule has 1 aliphatic heterocycles. The quantitative estimate of drug-likeness (QED) is 0.577. The van der Waals surface area contributed by atoms with E-state index in [1.54, 1.807) is 29.2 Å². The van der Waals surface area contributed by atoms with Gasteiger partial charge < -0.3 is 24.6 Å². The lowest BCUT2D eigenvalue weighted by Gasteiger charge is -2.37. The molecule has 1 N–H and O–H groups in total. The number of anilines is 1. The van der Waals surface area contributed by atoms with Crippen molar-refractivity contribution in [3.63, 3.8) is 0 Å². The lowest BCUT2D eigenvalue weighted by Crippen LogP contribution is -2.53. The molecular formula is C22H23ClFN5O3. The summed E-state index contributed by atoms with van der Waals surface area (Å²) in [6, 6.07) is 11.7. The molecule has 1 amide bonds. The van der Waals surface area contributed by atoms with Gasteiger partial charge in [-0.2, -0.15) is 9.97 Å². The lowest BCUT2D eigenvalue weighted by atomic mass is 10.2. The summed E-state index contributed by atoms with van der Waals surface area (Å²) < 4.78 is 25.3. The molecule has 4 rings (SSSR count). The molecule has 0 aliphatic carbocycles. The van der Waals surface area contributed by atoms with Crippen molar-refractivity contribution in [2.24, 2.45) is 0 Å². The van der Waals surface area contributed by atoms with Crippen LogP contribution >= 0.6 is 11.6 Å². The van der Waals surface area contributed by atoms with E-state index in [1.807, 2.05) is 26.1 Å². The van der Waals surface area contributed by atoms with Gasteiger partial charge in [-0.05, 0) is 38.2 Å². The van der Waals surface area contributed by atoms with E-state index in [1.165, 1.54) is 6.07 Å². The summed E-state index contributed by atoms with van der Waals surface area (Å²) in [5, 5.41) is 3.47. The van der Waals surface area contributed by atoms with E-state index in [-0.39, 0.29) is 35.4 Å². The number of nitrogens with zero attached hydrogens (tertiary/aromatic N) is 4. The number of hydrogen-bond donors (Lipinski definition) is 1. The molecule has 1 aromatic heterocycles. The second-order valence-corrected chi connectivity index (χ2v) is 7.98. The molecule has 168 valence electrons. The van der Waals surface area contributed by atoms with Crippen LogP contribution in [0.3, 0.4) is 0 Å². The highest BCUT2D eigenvalue weighted by molar-refractivity contribution is 6.31. The van der Waals surface area contributed by atoms with Gasteiger partial charge in [-0.1, -0.05) is 29.8 Å². The number of fused-ring (bicyclic) bond motifs is 1. The fourth-order valence-corrected chi connectivity index (χ4v) is 3.73. The lowest BCUT2D eigenvalue weighted by molar-refractivity contribution is 0.0871. The number of carbonyl (C=O) groups is 1. The first-order valence-electron chi connectivity index (χ1n) is 10.2. The van der Waals surface area contributed by atoms with Gasteiger partial charge in [0, 0.05) is 25.7 Å². The van der Waals surface area contributed by atoms with Gasteiger partial charge in [0.1, 0.15) is 0 Å². The van der Waals surface area contributed by atoms with E-state index in [0.717, 1.165) is 13.1 Å². The van der Waals surface area contributed by atoms with Crippen molar-refractivity contribution in [3.8, 4) is 11.9 Å². The fraction of sp³-hybridized carbons (Fsp3) is 0.318. The van der Waals surface area contributed by atoms with Crippen molar-refractivity contribution in [3.05, 3.63) is 53.3 Å². The predicted molar refractivity (Wildman–Crippen MR) is 120 cm³/mol. The van der Waals surface area contributed by atoms with Gasteiger partial charge in [-0.15, -0.1) is 0 Å². The van der Waals surface area contributed by atoms with Crippen molar-refractivity contribution in [2.45, 2.75) is 13.0 Å². The Morgan fingerprint density at radius 3 is 2.84 bits per heavy atom. The van der Waals surface area contributed by atoms with E-state index in [9.17, 15) is 9.18 Å². The normalized spacial score (nSPS) is 16.8. The number of likely N-dealkylation sites (N-methyl/N-ethyl adjacent to an activating group) is 1. The van der Waals surface area contributed by atoms with E-state index in [4.69, 9.17) is 21.1 Å². The SMILES string of the molecule is C[C@@H]1CN(C)CCN1C(=O)Oc1nc(OCNc2cccc(Cl)c2F)c2ccccc2n1. The minimum atomic E-state index is -0.568. The van der Waals surface area contributed by atoms with Gasteiger partial charge in [-0.25, -0.2) is 9.18 Å². The largest absolute Gasteiger partial charge is 0.456 e. The summed E-state index contributed by atoms with van der Waals surface area (Å²) in [5.74, 6) is -0.360. The number of halogens is 2. The third-order valence-corrected chi connectivity index (χ3v) is 5.51. The Labute approximate surface area is 189 Å². The molecular weight excluding hydrogens is 437 g/mol. The fourth-order valence-electron chi connectivity index (χ4n) is 3.55. The Morgan fingerprint density at radius 1 is 1.22 bits per heavy atom. The molecule has 0 bridgehead atoms. The van der Waals surface area contributed by atoms with Crippen molar-refractivity contribution in [2.75, 3.05) is 38.7 Å². The standard InChI is InChI=1S/C22H23ClFN5O3/c1-14-12-28(2)10-11-29(14)22(30)32-21-26-17-8-4-3-6-15(17)20(27-21)31-13-25-18-9-5-7-16(23)19(18)24/h3-9,14,25H,10-13H2,1-2H3/t14-/m1/s1. The van der Waals surface area contributed by atoms with Gasteiger partial charge in [0.25, 0.3) is 0 Å². The van der Waals surface area contributed by atoms with Crippen molar-refractivity contribution < 1.29 is 18.7 Å². The van der Waals surface area contributed by atoms with Crippen LogP contribution in [0.2, 0.25) is 5.02 Å². The maximum atomic E-state index is 14.1. The molecule has 1 fully saturated rings. The van der Waals surface area contributed by atoms with Gasteiger partial charge >= 0.3 is 12.1 Å². The summed E-state index contributed by atoms with van der Waals surface area (Å²) in [7, 11) is 2.01. The monoisotopic (exact) mass is 459 g/mol. The highest BCUT2D eigenvalue weighted by Crippen LogP contribution is 2.26. The van der Waals surface area contributed by atoms with Crippen LogP contribution in [0, 0.1) is 5.82 Å². The maximum Gasteiger partial charge on any atom is 0.418 e. The topological polar surface area (TPSA) is 79.8 Å². The molecule has 32 heavy (non-hydrogen) atoms. The average molecular weight is 460 g/mol. The molecule has 1 atom stereocenters. The van der Waals surface area contributed by atoms with Crippen molar-refractivity contribution >= 4 is 34.3 Å². The Kier molecular flexibility index (Phi) is 6.57. The molecule has 0 saturated carbocycles. The van der Waals surface area contributed by atoms with Crippen LogP contribution < -0.4 is 14.8 Å². The summed E-state index contributed by atoms with van der Waals surface area (Å²) >= 11 is 5.81. The number of piperazine rings is 1. The minimum absolute atomic E-state index is 0.00854. The highest BCUT2D eigenvalue weighted by atomic mass is 35.5. The van der Waals surface area contributed by atoms with Crippen LogP contribution in [0.1, 0.15) is 6.92 Å². The van der Waals surface area contributed by atoms with E-state index in [2.05, 4.69) is 20.2 Å². The molecule has 8 nitrogen and oxygen atoms in total. The number of benzene rings is 2.